The van der Waals surface area contributed by atoms with Crippen molar-refractivity contribution in [2.75, 3.05) is 19.6 Å². The molecule has 1 aromatic rings. The monoisotopic (exact) mass is 311 g/mol. The lowest BCUT2D eigenvalue weighted by molar-refractivity contribution is 0.320. The highest BCUT2D eigenvalue weighted by Crippen LogP contribution is 2.38. The van der Waals surface area contributed by atoms with E-state index in [1.54, 1.807) is 6.07 Å². The summed E-state index contributed by atoms with van der Waals surface area (Å²) in [6, 6.07) is 5.31. The van der Waals surface area contributed by atoms with E-state index in [0.29, 0.717) is 11.6 Å². The van der Waals surface area contributed by atoms with E-state index in [2.05, 4.69) is 4.90 Å². The summed E-state index contributed by atoms with van der Waals surface area (Å²) in [4.78, 5) is 2.64. The molecule has 1 saturated heterocycles. The molecule has 0 N–H and O–H groups in total. The summed E-state index contributed by atoms with van der Waals surface area (Å²) in [5.41, 5.74) is 1.66. The molecule has 0 saturated carbocycles. The van der Waals surface area contributed by atoms with Gasteiger partial charge in [-0.25, -0.2) is 8.42 Å². The van der Waals surface area contributed by atoms with Crippen LogP contribution in [0.15, 0.2) is 28.5 Å². The molecule has 0 radical (unpaired) electrons. The molecule has 2 heterocycles. The van der Waals surface area contributed by atoms with Crippen LogP contribution in [-0.2, 0) is 9.84 Å². The number of sulfone groups is 1. The van der Waals surface area contributed by atoms with Crippen molar-refractivity contribution in [3.05, 3.63) is 34.2 Å². The third kappa shape index (κ3) is 2.65. The topological polar surface area (TPSA) is 37.4 Å². The Morgan fingerprint density at radius 1 is 1.10 bits per heavy atom. The maximum atomic E-state index is 12.2. The Bertz CT molecular complexity index is 644. The Balaban J connectivity index is 1.90. The Morgan fingerprint density at radius 2 is 1.80 bits per heavy atom. The van der Waals surface area contributed by atoms with Crippen molar-refractivity contribution < 1.29 is 8.42 Å². The molecule has 0 spiro atoms. The largest absolute Gasteiger partial charge is 0.299 e. The minimum absolute atomic E-state index is 0.284. The van der Waals surface area contributed by atoms with Crippen LogP contribution in [-0.4, -0.2) is 33.0 Å². The van der Waals surface area contributed by atoms with E-state index in [4.69, 9.17) is 11.6 Å². The molecule has 3 rings (SSSR count). The average molecular weight is 312 g/mol. The van der Waals surface area contributed by atoms with Gasteiger partial charge in [0.05, 0.1) is 9.92 Å². The van der Waals surface area contributed by atoms with Crippen molar-refractivity contribution in [3.8, 4) is 0 Å². The minimum atomic E-state index is -3.37. The quantitative estimate of drug-likeness (QED) is 0.840. The van der Waals surface area contributed by atoms with E-state index in [9.17, 15) is 8.42 Å². The molecule has 0 bridgehead atoms. The molecule has 0 atom stereocenters. The van der Waals surface area contributed by atoms with Crippen molar-refractivity contribution in [1.82, 2.24) is 4.90 Å². The molecule has 0 amide bonds. The van der Waals surface area contributed by atoms with E-state index in [1.807, 2.05) is 12.1 Å². The molecule has 1 fully saturated rings. The zero-order chi connectivity index (χ0) is 14.2. The third-order valence-corrected chi connectivity index (χ3v) is 6.02. The minimum Gasteiger partial charge on any atom is -0.299 e. The van der Waals surface area contributed by atoms with Gasteiger partial charge in [-0.1, -0.05) is 36.6 Å². The van der Waals surface area contributed by atoms with Crippen molar-refractivity contribution in [2.45, 2.75) is 30.6 Å². The zero-order valence-electron chi connectivity index (χ0n) is 11.3. The van der Waals surface area contributed by atoms with Crippen LogP contribution >= 0.6 is 11.6 Å². The number of likely N-dealkylation sites (tertiary alicyclic amines) is 1. The fourth-order valence-electron chi connectivity index (χ4n) is 3.02. The van der Waals surface area contributed by atoms with Gasteiger partial charge in [0.2, 0.25) is 9.84 Å². The Kier molecular flexibility index (Phi) is 3.89. The molecule has 108 valence electrons. The van der Waals surface area contributed by atoms with Crippen LogP contribution in [0, 0.1) is 0 Å². The zero-order valence-corrected chi connectivity index (χ0v) is 12.9. The molecule has 3 nitrogen and oxygen atoms in total. The van der Waals surface area contributed by atoms with Gasteiger partial charge in [0, 0.05) is 17.5 Å². The van der Waals surface area contributed by atoms with Crippen LogP contribution in [0.5, 0.6) is 0 Å². The highest BCUT2D eigenvalue weighted by Gasteiger charge is 2.30. The summed E-state index contributed by atoms with van der Waals surface area (Å²) in [6.45, 7) is 2.80. The van der Waals surface area contributed by atoms with Crippen molar-refractivity contribution in [3.63, 3.8) is 0 Å². The van der Waals surface area contributed by atoms with Crippen LogP contribution < -0.4 is 0 Å². The fourth-order valence-corrected chi connectivity index (χ4v) is 5.05. The highest BCUT2D eigenvalue weighted by molar-refractivity contribution is 7.95. The van der Waals surface area contributed by atoms with Gasteiger partial charge in [0.25, 0.3) is 0 Å². The maximum absolute atomic E-state index is 12.2. The number of hydrogen-bond acceptors (Lipinski definition) is 3. The van der Waals surface area contributed by atoms with Gasteiger partial charge in [0.15, 0.2) is 0 Å². The van der Waals surface area contributed by atoms with Crippen molar-refractivity contribution >= 4 is 27.0 Å². The van der Waals surface area contributed by atoms with E-state index in [1.165, 1.54) is 31.1 Å². The number of nitrogens with zero attached hydrogens (tertiary/aromatic N) is 1. The lowest BCUT2D eigenvalue weighted by Gasteiger charge is -2.20. The van der Waals surface area contributed by atoms with Gasteiger partial charge >= 0.3 is 0 Å². The van der Waals surface area contributed by atoms with Crippen LogP contribution in [0.25, 0.3) is 5.57 Å². The number of halogens is 1. The predicted molar refractivity (Wildman–Crippen MR) is 81.5 cm³/mol. The van der Waals surface area contributed by atoms with E-state index >= 15 is 0 Å². The molecule has 1 aromatic carbocycles. The van der Waals surface area contributed by atoms with E-state index in [-0.39, 0.29) is 4.90 Å². The molecule has 0 aromatic heterocycles. The normalized spacial score (nSPS) is 22.1. The van der Waals surface area contributed by atoms with E-state index in [0.717, 1.165) is 24.2 Å². The Labute approximate surface area is 125 Å². The van der Waals surface area contributed by atoms with Gasteiger partial charge in [-0.05, 0) is 37.6 Å². The second kappa shape index (κ2) is 5.51. The Morgan fingerprint density at radius 3 is 2.50 bits per heavy atom. The van der Waals surface area contributed by atoms with Crippen LogP contribution in [0.4, 0.5) is 0 Å². The molecule has 2 aliphatic rings. The van der Waals surface area contributed by atoms with Crippen LogP contribution in [0.2, 0.25) is 5.02 Å². The lowest BCUT2D eigenvalue weighted by atomic mass is 10.1. The Hall–Kier alpha value is -0.840. The average Bonchev–Trinajstić information content (AvgIpc) is 2.57. The molecule has 0 unspecified atom stereocenters. The van der Waals surface area contributed by atoms with Crippen LogP contribution in [0.3, 0.4) is 0 Å². The first-order chi connectivity index (χ1) is 9.58. The smallest absolute Gasteiger partial charge is 0.202 e. The molecule has 0 aliphatic carbocycles. The van der Waals surface area contributed by atoms with Gasteiger partial charge < -0.3 is 0 Å². The first kappa shape index (κ1) is 14.1. The van der Waals surface area contributed by atoms with Gasteiger partial charge in [-0.2, -0.15) is 0 Å². The lowest BCUT2D eigenvalue weighted by Crippen LogP contribution is -2.26. The predicted octanol–water partition coefficient (Wildman–Crippen LogP) is 3.34. The van der Waals surface area contributed by atoms with Crippen LogP contribution in [0.1, 0.15) is 31.2 Å². The number of rotatable bonds is 2. The summed E-state index contributed by atoms with van der Waals surface area (Å²) in [7, 11) is -3.37. The number of fused-ring (bicyclic) bond motifs is 1. The van der Waals surface area contributed by atoms with Gasteiger partial charge in [-0.3, -0.25) is 4.90 Å². The number of hydrogen-bond donors (Lipinski definition) is 0. The first-order valence-corrected chi connectivity index (χ1v) is 8.97. The molecular weight excluding hydrogens is 294 g/mol. The van der Waals surface area contributed by atoms with Gasteiger partial charge in [-0.15, -0.1) is 0 Å². The second-order valence-corrected chi connectivity index (χ2v) is 7.64. The second-order valence-electron chi connectivity index (χ2n) is 5.49. The summed E-state index contributed by atoms with van der Waals surface area (Å²) < 4.78 is 24.4. The fraction of sp³-hybridized carbons (Fsp3) is 0.467. The maximum Gasteiger partial charge on any atom is 0.202 e. The summed E-state index contributed by atoms with van der Waals surface area (Å²) in [5.74, 6) is 0. The molecule has 5 heteroatoms. The molecule has 2 aliphatic heterocycles. The summed E-state index contributed by atoms with van der Waals surface area (Å²) in [5, 5.41) is 1.72. The van der Waals surface area contributed by atoms with E-state index < -0.39 is 9.84 Å². The molecular formula is C15H18ClNO2S. The molecule has 20 heavy (non-hydrogen) atoms. The van der Waals surface area contributed by atoms with Crippen molar-refractivity contribution in [2.24, 2.45) is 0 Å². The SMILES string of the molecule is O=S1(=O)C=C(CN2CCCCCC2)c2cccc(Cl)c21. The standard InChI is InChI=1S/C15H18ClNO2S/c16-14-7-5-6-13-12(11-20(18,19)15(13)14)10-17-8-3-1-2-4-9-17/h5-7,11H,1-4,8-10H2. The third-order valence-electron chi connectivity index (χ3n) is 3.99. The first-order valence-electron chi connectivity index (χ1n) is 7.05. The highest BCUT2D eigenvalue weighted by atomic mass is 35.5. The van der Waals surface area contributed by atoms with Gasteiger partial charge in [0.1, 0.15) is 0 Å². The summed E-state index contributed by atoms with van der Waals surface area (Å²) in [6.07, 6.45) is 4.94. The van der Waals surface area contributed by atoms with Crippen molar-refractivity contribution in [1.29, 1.82) is 0 Å². The summed E-state index contributed by atoms with van der Waals surface area (Å²) >= 11 is 6.06. The number of benzene rings is 1.